The molecule has 3 aliphatic rings. The SMILES string of the molecule is O=C(N[C@H]1COc2ccc(Cl)cc2C1)c1cc2n(n1)CC(COCC1CC1)O2. The summed E-state index contributed by atoms with van der Waals surface area (Å²) in [6, 6.07) is 7.10. The van der Waals surface area contributed by atoms with Gasteiger partial charge in [0.05, 0.1) is 19.2 Å². The fourth-order valence-electron chi connectivity index (χ4n) is 3.59. The number of carbonyl (C=O) groups excluding carboxylic acids is 1. The minimum absolute atomic E-state index is 0.0358. The first-order valence-corrected chi connectivity index (χ1v) is 10.1. The van der Waals surface area contributed by atoms with Crippen LogP contribution in [0.1, 0.15) is 28.9 Å². The second-order valence-corrected chi connectivity index (χ2v) is 8.14. The third-order valence-corrected chi connectivity index (χ3v) is 5.49. The average Bonchev–Trinajstić information content (AvgIpc) is 3.28. The molecule has 148 valence electrons. The monoisotopic (exact) mass is 403 g/mol. The summed E-state index contributed by atoms with van der Waals surface area (Å²) in [6.07, 6.45) is 3.19. The molecule has 3 heterocycles. The van der Waals surface area contributed by atoms with Crippen molar-refractivity contribution in [3.8, 4) is 11.6 Å². The Morgan fingerprint density at radius 1 is 1.32 bits per heavy atom. The smallest absolute Gasteiger partial charge is 0.272 e. The van der Waals surface area contributed by atoms with Crippen LogP contribution in [0.2, 0.25) is 5.02 Å². The molecular weight excluding hydrogens is 382 g/mol. The van der Waals surface area contributed by atoms with Gasteiger partial charge in [0.25, 0.3) is 5.91 Å². The van der Waals surface area contributed by atoms with E-state index in [9.17, 15) is 4.79 Å². The lowest BCUT2D eigenvalue weighted by atomic mass is 10.0. The third-order valence-electron chi connectivity index (χ3n) is 5.26. The zero-order valence-electron chi connectivity index (χ0n) is 15.4. The van der Waals surface area contributed by atoms with Crippen LogP contribution in [0, 0.1) is 5.92 Å². The molecule has 1 fully saturated rings. The summed E-state index contributed by atoms with van der Waals surface area (Å²) in [7, 11) is 0. The molecule has 5 rings (SSSR count). The molecule has 1 amide bonds. The van der Waals surface area contributed by atoms with Crippen molar-refractivity contribution in [2.45, 2.75) is 38.0 Å². The van der Waals surface area contributed by atoms with Crippen LogP contribution in [0.15, 0.2) is 24.3 Å². The van der Waals surface area contributed by atoms with Crippen molar-refractivity contribution in [2.24, 2.45) is 5.92 Å². The highest BCUT2D eigenvalue weighted by Gasteiger charge is 2.29. The van der Waals surface area contributed by atoms with Gasteiger partial charge in [-0.15, -0.1) is 0 Å². The zero-order valence-corrected chi connectivity index (χ0v) is 16.2. The normalized spacial score (nSPS) is 22.8. The first-order valence-electron chi connectivity index (χ1n) is 9.68. The predicted molar refractivity (Wildman–Crippen MR) is 102 cm³/mol. The van der Waals surface area contributed by atoms with E-state index in [-0.39, 0.29) is 18.1 Å². The number of nitrogens with zero attached hydrogens (tertiary/aromatic N) is 2. The van der Waals surface area contributed by atoms with Gasteiger partial charge in [-0.1, -0.05) is 11.6 Å². The molecule has 1 unspecified atom stereocenters. The maximum atomic E-state index is 12.6. The fourth-order valence-corrected chi connectivity index (χ4v) is 3.78. The molecule has 0 radical (unpaired) electrons. The van der Waals surface area contributed by atoms with Gasteiger partial charge in [0, 0.05) is 17.7 Å². The van der Waals surface area contributed by atoms with Crippen molar-refractivity contribution in [1.82, 2.24) is 15.1 Å². The molecule has 1 aromatic carbocycles. The largest absolute Gasteiger partial charge is 0.491 e. The van der Waals surface area contributed by atoms with E-state index in [1.165, 1.54) is 12.8 Å². The van der Waals surface area contributed by atoms with Gasteiger partial charge in [0.2, 0.25) is 5.88 Å². The number of ether oxygens (including phenoxy) is 3. The van der Waals surface area contributed by atoms with E-state index in [0.29, 0.717) is 42.8 Å². The van der Waals surface area contributed by atoms with Gasteiger partial charge in [-0.3, -0.25) is 4.79 Å². The standard InChI is InChI=1S/C20H22ClN3O4/c21-14-3-4-18-13(5-14)6-15(10-27-18)22-20(25)17-7-19-24(23-17)8-16(28-19)11-26-9-12-1-2-12/h3-5,7,12,15-16H,1-2,6,8-11H2,(H,22,25)/t15-,16?/m1/s1. The average molecular weight is 404 g/mol. The van der Waals surface area contributed by atoms with E-state index in [0.717, 1.165) is 23.8 Å². The Morgan fingerprint density at radius 2 is 2.21 bits per heavy atom. The van der Waals surface area contributed by atoms with Crippen LogP contribution in [0.4, 0.5) is 0 Å². The second-order valence-electron chi connectivity index (χ2n) is 7.71. The lowest BCUT2D eigenvalue weighted by Gasteiger charge is -2.26. The minimum atomic E-state index is -0.230. The number of fused-ring (bicyclic) bond motifs is 2. The summed E-state index contributed by atoms with van der Waals surface area (Å²) in [5.41, 5.74) is 1.35. The highest BCUT2D eigenvalue weighted by atomic mass is 35.5. The molecule has 0 spiro atoms. The molecule has 1 saturated carbocycles. The van der Waals surface area contributed by atoms with Gasteiger partial charge in [0.1, 0.15) is 18.5 Å². The third kappa shape index (κ3) is 3.82. The number of benzene rings is 1. The van der Waals surface area contributed by atoms with Crippen LogP contribution in [0.5, 0.6) is 11.6 Å². The summed E-state index contributed by atoms with van der Waals surface area (Å²) in [6.45, 7) is 2.40. The lowest BCUT2D eigenvalue weighted by Crippen LogP contribution is -2.43. The Labute approximate surface area is 167 Å². The number of amides is 1. The van der Waals surface area contributed by atoms with Crippen LogP contribution in [0.3, 0.4) is 0 Å². The molecule has 2 atom stereocenters. The van der Waals surface area contributed by atoms with Crippen LogP contribution in [0.25, 0.3) is 0 Å². The van der Waals surface area contributed by atoms with Gasteiger partial charge in [-0.05, 0) is 48.9 Å². The van der Waals surface area contributed by atoms with Crippen molar-refractivity contribution >= 4 is 17.5 Å². The molecule has 2 aromatic rings. The summed E-state index contributed by atoms with van der Waals surface area (Å²) in [5.74, 6) is 1.94. The number of halogens is 1. The molecule has 8 heteroatoms. The van der Waals surface area contributed by atoms with Crippen molar-refractivity contribution in [3.05, 3.63) is 40.5 Å². The molecule has 0 bridgehead atoms. The number of hydrogen-bond acceptors (Lipinski definition) is 5. The van der Waals surface area contributed by atoms with Gasteiger partial charge in [-0.2, -0.15) is 5.10 Å². The maximum Gasteiger partial charge on any atom is 0.272 e. The fraction of sp³-hybridized carbons (Fsp3) is 0.500. The quantitative estimate of drug-likeness (QED) is 0.802. The summed E-state index contributed by atoms with van der Waals surface area (Å²) < 4.78 is 19.0. The number of hydrogen-bond donors (Lipinski definition) is 1. The first-order chi connectivity index (χ1) is 13.6. The molecule has 1 N–H and O–H groups in total. The van der Waals surface area contributed by atoms with Crippen LogP contribution >= 0.6 is 11.6 Å². The molecular formula is C20H22ClN3O4. The van der Waals surface area contributed by atoms with E-state index >= 15 is 0 Å². The van der Waals surface area contributed by atoms with Crippen molar-refractivity contribution in [1.29, 1.82) is 0 Å². The van der Waals surface area contributed by atoms with Gasteiger partial charge < -0.3 is 19.5 Å². The molecule has 1 aromatic heterocycles. The van der Waals surface area contributed by atoms with E-state index in [2.05, 4.69) is 10.4 Å². The predicted octanol–water partition coefficient (Wildman–Crippen LogP) is 2.46. The molecule has 2 aliphatic heterocycles. The topological polar surface area (TPSA) is 74.6 Å². The maximum absolute atomic E-state index is 12.6. The highest BCUT2D eigenvalue weighted by Crippen LogP contribution is 2.30. The Morgan fingerprint density at radius 3 is 3.04 bits per heavy atom. The van der Waals surface area contributed by atoms with E-state index < -0.39 is 0 Å². The van der Waals surface area contributed by atoms with E-state index in [1.807, 2.05) is 12.1 Å². The van der Waals surface area contributed by atoms with Crippen LogP contribution in [-0.2, 0) is 17.7 Å². The Kier molecular flexibility index (Phi) is 4.64. The van der Waals surface area contributed by atoms with Gasteiger partial charge >= 0.3 is 0 Å². The van der Waals surface area contributed by atoms with Crippen molar-refractivity contribution < 1.29 is 19.0 Å². The summed E-state index contributed by atoms with van der Waals surface area (Å²) in [4.78, 5) is 12.6. The van der Waals surface area contributed by atoms with Gasteiger partial charge in [-0.25, -0.2) is 4.68 Å². The molecule has 0 saturated heterocycles. The van der Waals surface area contributed by atoms with Crippen molar-refractivity contribution in [3.63, 3.8) is 0 Å². The highest BCUT2D eigenvalue weighted by molar-refractivity contribution is 6.30. The molecule has 7 nitrogen and oxygen atoms in total. The Balaban J connectivity index is 1.15. The first kappa shape index (κ1) is 17.8. The molecule has 28 heavy (non-hydrogen) atoms. The zero-order chi connectivity index (χ0) is 19.1. The minimum Gasteiger partial charge on any atom is -0.491 e. The number of rotatable bonds is 6. The van der Waals surface area contributed by atoms with Crippen LogP contribution < -0.4 is 14.8 Å². The van der Waals surface area contributed by atoms with Gasteiger partial charge in [0.15, 0.2) is 5.69 Å². The number of carbonyl (C=O) groups is 1. The Bertz CT molecular complexity index is 872. The number of aromatic nitrogens is 2. The number of nitrogens with one attached hydrogen (secondary N) is 1. The lowest BCUT2D eigenvalue weighted by molar-refractivity contribution is 0.0535. The van der Waals surface area contributed by atoms with Crippen molar-refractivity contribution in [2.75, 3.05) is 19.8 Å². The van der Waals surface area contributed by atoms with E-state index in [1.54, 1.807) is 16.8 Å². The molecule has 1 aliphatic carbocycles. The summed E-state index contributed by atoms with van der Waals surface area (Å²) >= 11 is 6.05. The van der Waals surface area contributed by atoms with E-state index in [4.69, 9.17) is 25.8 Å². The summed E-state index contributed by atoms with van der Waals surface area (Å²) in [5, 5.41) is 8.03. The van der Waals surface area contributed by atoms with Crippen LogP contribution in [-0.4, -0.2) is 47.7 Å². The second kappa shape index (κ2) is 7.29. The Hall–Kier alpha value is -2.25.